The topological polar surface area (TPSA) is 9.23 Å². The number of hydrogen-bond donors (Lipinski definition) is 0. The van der Waals surface area contributed by atoms with Crippen molar-refractivity contribution in [3.63, 3.8) is 0 Å². The smallest absolute Gasteiger partial charge is 0.191 e. The molecule has 0 bridgehead atoms. The molecule has 0 saturated heterocycles. The van der Waals surface area contributed by atoms with Gasteiger partial charge in [0.05, 0.1) is 0 Å². The summed E-state index contributed by atoms with van der Waals surface area (Å²) in [6.45, 7) is 12.0. The Hall–Kier alpha value is -0.0231. The molecule has 0 aromatic heterocycles. The molecule has 1 aromatic carbocycles. The molecule has 4 heteroatoms. The number of hydrogen-bond acceptors (Lipinski definition) is 1. The lowest BCUT2D eigenvalue weighted by atomic mass is 10.2. The lowest BCUT2D eigenvalue weighted by Gasteiger charge is -2.36. The van der Waals surface area contributed by atoms with Crippen LogP contribution in [-0.4, -0.2) is 14.9 Å². The summed E-state index contributed by atoms with van der Waals surface area (Å²) in [5.41, 5.74) is 1.10. The minimum Gasteiger partial charge on any atom is -0.416 e. The molecule has 1 rings (SSSR count). The van der Waals surface area contributed by atoms with Crippen molar-refractivity contribution >= 4 is 31.5 Å². The van der Waals surface area contributed by atoms with Crippen LogP contribution in [0.2, 0.25) is 28.2 Å². The fourth-order valence-corrected chi connectivity index (χ4v) is 2.91. The highest BCUT2D eigenvalue weighted by Crippen LogP contribution is 2.36. The van der Waals surface area contributed by atoms with E-state index in [1.165, 1.54) is 0 Å². The van der Waals surface area contributed by atoms with Gasteiger partial charge in [-0.1, -0.05) is 50.0 Å². The first kappa shape index (κ1) is 16.0. The highest BCUT2D eigenvalue weighted by molar-refractivity contribution is 6.74. The van der Waals surface area contributed by atoms with E-state index >= 15 is 0 Å². The van der Waals surface area contributed by atoms with Crippen molar-refractivity contribution in [2.24, 2.45) is 0 Å². The minimum atomic E-state index is -1.66. The molecule has 0 unspecified atom stereocenters. The maximum absolute atomic E-state index is 6.14. The zero-order valence-corrected chi connectivity index (χ0v) is 14.3. The van der Waals surface area contributed by atoms with Crippen LogP contribution >= 0.6 is 23.2 Å². The molecular formula is C14H22Cl2OSi. The lowest BCUT2D eigenvalue weighted by molar-refractivity contribution is 0.292. The molecule has 0 N–H and O–H groups in total. The molecular weight excluding hydrogens is 283 g/mol. The molecule has 0 aliphatic rings. The molecule has 0 radical (unpaired) electrons. The van der Waals surface area contributed by atoms with Crippen molar-refractivity contribution in [1.29, 1.82) is 0 Å². The van der Waals surface area contributed by atoms with Crippen LogP contribution < -0.4 is 0 Å². The molecule has 0 atom stereocenters. The highest BCUT2D eigenvalue weighted by Gasteiger charge is 2.36. The van der Waals surface area contributed by atoms with Crippen molar-refractivity contribution in [2.75, 3.05) is 6.61 Å². The second-order valence-electron chi connectivity index (χ2n) is 6.09. The molecule has 0 spiro atoms. The minimum absolute atomic E-state index is 0.247. The molecule has 1 nitrogen and oxygen atoms in total. The Morgan fingerprint density at radius 3 is 2.28 bits per heavy atom. The Morgan fingerprint density at radius 1 is 1.17 bits per heavy atom. The number of benzene rings is 1. The molecule has 0 amide bonds. The predicted octanol–water partition coefficient (Wildman–Crippen LogP) is 5.56. The highest BCUT2D eigenvalue weighted by atomic mass is 35.5. The summed E-state index contributed by atoms with van der Waals surface area (Å²) in [7, 11) is -1.66. The van der Waals surface area contributed by atoms with E-state index in [9.17, 15) is 0 Å². The fraction of sp³-hybridized carbons (Fsp3) is 0.571. The van der Waals surface area contributed by atoms with Crippen molar-refractivity contribution in [2.45, 2.75) is 45.3 Å². The zero-order chi connectivity index (χ0) is 14.0. The van der Waals surface area contributed by atoms with Gasteiger partial charge in [0.2, 0.25) is 0 Å². The van der Waals surface area contributed by atoms with E-state index in [2.05, 4.69) is 33.9 Å². The Morgan fingerprint density at radius 2 is 1.78 bits per heavy atom. The van der Waals surface area contributed by atoms with E-state index in [-0.39, 0.29) is 5.04 Å². The van der Waals surface area contributed by atoms with Crippen LogP contribution in [0.25, 0.3) is 0 Å². The molecule has 0 fully saturated rings. The van der Waals surface area contributed by atoms with Crippen molar-refractivity contribution in [1.82, 2.24) is 0 Å². The molecule has 1 aromatic rings. The SMILES string of the molecule is CC(C)(C)[Si](C)(C)OCCc1ccc(Cl)cc1Cl. The van der Waals surface area contributed by atoms with Crippen molar-refractivity contribution < 1.29 is 4.43 Å². The van der Waals surface area contributed by atoms with Gasteiger partial charge >= 0.3 is 0 Å². The molecule has 0 saturated carbocycles. The van der Waals surface area contributed by atoms with Crippen LogP contribution in [-0.2, 0) is 10.8 Å². The van der Waals surface area contributed by atoms with E-state index in [0.29, 0.717) is 5.02 Å². The standard InChI is InChI=1S/C14H22Cl2OSi/c1-14(2,3)18(4,5)17-9-8-11-6-7-12(15)10-13(11)16/h6-7,10H,8-9H2,1-5H3. The summed E-state index contributed by atoms with van der Waals surface area (Å²) in [6, 6.07) is 5.62. The second-order valence-corrected chi connectivity index (χ2v) is 11.7. The van der Waals surface area contributed by atoms with Gasteiger partial charge in [0.15, 0.2) is 8.32 Å². The first-order chi connectivity index (χ1) is 8.13. The summed E-state index contributed by atoms with van der Waals surface area (Å²) in [4.78, 5) is 0. The number of halogens is 2. The van der Waals surface area contributed by atoms with Gasteiger partial charge in [0.25, 0.3) is 0 Å². The van der Waals surface area contributed by atoms with Crippen LogP contribution in [0.1, 0.15) is 26.3 Å². The fourth-order valence-electron chi connectivity index (χ4n) is 1.36. The third-order valence-electron chi connectivity index (χ3n) is 3.66. The van der Waals surface area contributed by atoms with Crippen molar-refractivity contribution in [3.05, 3.63) is 33.8 Å². The van der Waals surface area contributed by atoms with Gasteiger partial charge in [-0.2, -0.15) is 0 Å². The Balaban J connectivity index is 2.57. The Labute approximate surface area is 122 Å². The van der Waals surface area contributed by atoms with E-state index in [4.69, 9.17) is 27.6 Å². The summed E-state index contributed by atoms with van der Waals surface area (Å²) < 4.78 is 6.13. The van der Waals surface area contributed by atoms with Crippen LogP contribution in [0.5, 0.6) is 0 Å². The second kappa shape index (κ2) is 5.95. The molecule has 0 aliphatic carbocycles. The average Bonchev–Trinajstić information content (AvgIpc) is 2.19. The van der Waals surface area contributed by atoms with Gasteiger partial charge in [-0.3, -0.25) is 0 Å². The summed E-state index contributed by atoms with van der Waals surface area (Å²) >= 11 is 12.0. The van der Waals surface area contributed by atoms with Gasteiger partial charge in [0.1, 0.15) is 0 Å². The molecule has 18 heavy (non-hydrogen) atoms. The lowest BCUT2D eigenvalue weighted by Crippen LogP contribution is -2.41. The summed E-state index contributed by atoms with van der Waals surface area (Å²) in [5, 5.41) is 1.65. The van der Waals surface area contributed by atoms with E-state index in [1.807, 2.05) is 12.1 Å². The molecule has 0 heterocycles. The normalized spacial score (nSPS) is 12.8. The Bertz CT molecular complexity index is 411. The third kappa shape index (κ3) is 4.27. The van der Waals surface area contributed by atoms with E-state index < -0.39 is 8.32 Å². The monoisotopic (exact) mass is 304 g/mol. The summed E-state index contributed by atoms with van der Waals surface area (Å²) in [6.07, 6.45) is 0.836. The number of rotatable bonds is 4. The van der Waals surface area contributed by atoms with Gasteiger partial charge in [-0.25, -0.2) is 0 Å². The zero-order valence-electron chi connectivity index (χ0n) is 11.8. The first-order valence-electron chi connectivity index (χ1n) is 6.21. The van der Waals surface area contributed by atoms with E-state index in [1.54, 1.807) is 6.07 Å². The Kier molecular flexibility index (Phi) is 5.30. The van der Waals surface area contributed by atoms with Crippen LogP contribution in [0.3, 0.4) is 0 Å². The first-order valence-corrected chi connectivity index (χ1v) is 9.88. The summed E-state index contributed by atoms with van der Waals surface area (Å²) in [5.74, 6) is 0. The molecule has 0 aliphatic heterocycles. The third-order valence-corrected chi connectivity index (χ3v) is 8.78. The van der Waals surface area contributed by atoms with Gasteiger partial charge < -0.3 is 4.43 Å². The van der Waals surface area contributed by atoms with Crippen LogP contribution in [0, 0.1) is 0 Å². The largest absolute Gasteiger partial charge is 0.416 e. The van der Waals surface area contributed by atoms with E-state index in [0.717, 1.165) is 23.6 Å². The van der Waals surface area contributed by atoms with Crippen molar-refractivity contribution in [3.8, 4) is 0 Å². The quantitative estimate of drug-likeness (QED) is 0.662. The predicted molar refractivity (Wildman–Crippen MR) is 83.3 cm³/mol. The van der Waals surface area contributed by atoms with Gasteiger partial charge in [-0.15, -0.1) is 0 Å². The van der Waals surface area contributed by atoms with Crippen LogP contribution in [0.15, 0.2) is 18.2 Å². The van der Waals surface area contributed by atoms with Gasteiger partial charge in [-0.05, 0) is 42.2 Å². The average molecular weight is 305 g/mol. The maximum atomic E-state index is 6.14. The van der Waals surface area contributed by atoms with Gasteiger partial charge in [0, 0.05) is 16.7 Å². The molecule has 102 valence electrons. The van der Waals surface area contributed by atoms with Crippen LogP contribution in [0.4, 0.5) is 0 Å². The maximum Gasteiger partial charge on any atom is 0.191 e.